The van der Waals surface area contributed by atoms with E-state index in [1.807, 2.05) is 18.4 Å². The number of hydrogen-bond acceptors (Lipinski definition) is 4. The first-order chi connectivity index (χ1) is 7.58. The van der Waals surface area contributed by atoms with Crippen LogP contribution in [0.3, 0.4) is 0 Å². The van der Waals surface area contributed by atoms with Gasteiger partial charge >= 0.3 is 0 Å². The predicted octanol–water partition coefficient (Wildman–Crippen LogP) is 0.312. The Morgan fingerprint density at radius 2 is 2.12 bits per heavy atom. The fraction of sp³-hybridized carbons (Fsp3) is 0.333. The highest BCUT2D eigenvalue weighted by atomic mass is 15.2. The third kappa shape index (κ3) is 1.79. The molecular formula is C9H13N7. The molecule has 2 heterocycles. The second kappa shape index (κ2) is 3.76. The molecule has 0 spiro atoms. The fourth-order valence-electron chi connectivity index (χ4n) is 1.36. The number of fused-ring (bicyclic) bond motifs is 1. The molecule has 0 aliphatic carbocycles. The summed E-state index contributed by atoms with van der Waals surface area (Å²) in [7, 11) is 0. The van der Waals surface area contributed by atoms with Gasteiger partial charge in [-0.05, 0) is 13.8 Å². The average molecular weight is 219 g/mol. The third-order valence-electron chi connectivity index (χ3n) is 2.09. The normalized spacial score (nSPS) is 10.9. The summed E-state index contributed by atoms with van der Waals surface area (Å²) >= 11 is 0. The second-order valence-corrected chi connectivity index (χ2v) is 3.66. The van der Waals surface area contributed by atoms with Crippen LogP contribution >= 0.6 is 0 Å². The van der Waals surface area contributed by atoms with Gasteiger partial charge in [-0.15, -0.1) is 0 Å². The standard InChI is InChI=1S/C9H13N7/c1-5(2)16-4-13-6-3-12-9(14-7(6)16)15-8(10)11/h3-5H,1-2H3,(H4,10,11,12,14,15). The van der Waals surface area contributed by atoms with Crippen molar-refractivity contribution >= 4 is 23.1 Å². The Bertz CT molecular complexity index is 536. The summed E-state index contributed by atoms with van der Waals surface area (Å²) in [5, 5.41) is 0. The van der Waals surface area contributed by atoms with Gasteiger partial charge in [0.25, 0.3) is 5.95 Å². The number of imidazole rings is 1. The van der Waals surface area contributed by atoms with Gasteiger partial charge in [-0.3, -0.25) is 0 Å². The van der Waals surface area contributed by atoms with E-state index in [1.54, 1.807) is 12.5 Å². The summed E-state index contributed by atoms with van der Waals surface area (Å²) in [5.74, 6) is 0.185. The molecule has 84 valence electrons. The number of guanidine groups is 1. The van der Waals surface area contributed by atoms with Crippen LogP contribution < -0.4 is 11.5 Å². The fourth-order valence-corrected chi connectivity index (χ4v) is 1.36. The van der Waals surface area contributed by atoms with Crippen LogP contribution in [0.2, 0.25) is 0 Å². The lowest BCUT2D eigenvalue weighted by Gasteiger charge is -2.06. The minimum absolute atomic E-state index is 0.0602. The number of rotatable bonds is 2. The van der Waals surface area contributed by atoms with Gasteiger partial charge in [-0.1, -0.05) is 0 Å². The Hall–Kier alpha value is -2.18. The van der Waals surface area contributed by atoms with E-state index in [2.05, 4.69) is 19.9 Å². The van der Waals surface area contributed by atoms with Crippen molar-refractivity contribution in [2.45, 2.75) is 19.9 Å². The van der Waals surface area contributed by atoms with E-state index in [9.17, 15) is 0 Å². The zero-order valence-corrected chi connectivity index (χ0v) is 9.12. The van der Waals surface area contributed by atoms with Gasteiger partial charge < -0.3 is 16.0 Å². The zero-order valence-electron chi connectivity index (χ0n) is 9.12. The van der Waals surface area contributed by atoms with Crippen molar-refractivity contribution in [3.8, 4) is 0 Å². The Balaban J connectivity index is 2.58. The van der Waals surface area contributed by atoms with E-state index in [0.29, 0.717) is 0 Å². The molecule has 0 aliphatic rings. The highest BCUT2D eigenvalue weighted by Gasteiger charge is 2.08. The molecule has 7 heteroatoms. The number of nitrogens with two attached hydrogens (primary N) is 2. The number of aromatic nitrogens is 4. The molecule has 0 bridgehead atoms. The highest BCUT2D eigenvalue weighted by molar-refractivity contribution is 5.78. The summed E-state index contributed by atoms with van der Waals surface area (Å²) in [5.41, 5.74) is 12.0. The van der Waals surface area contributed by atoms with E-state index < -0.39 is 0 Å². The lowest BCUT2D eigenvalue weighted by Crippen LogP contribution is -2.22. The quantitative estimate of drug-likeness (QED) is 0.558. The molecule has 0 atom stereocenters. The summed E-state index contributed by atoms with van der Waals surface area (Å²) in [4.78, 5) is 16.2. The summed E-state index contributed by atoms with van der Waals surface area (Å²) in [6.45, 7) is 4.09. The van der Waals surface area contributed by atoms with Crippen molar-refractivity contribution in [2.75, 3.05) is 0 Å². The highest BCUT2D eigenvalue weighted by Crippen LogP contribution is 2.16. The zero-order chi connectivity index (χ0) is 11.7. The molecule has 0 amide bonds. The van der Waals surface area contributed by atoms with E-state index in [4.69, 9.17) is 11.5 Å². The molecule has 0 unspecified atom stereocenters. The van der Waals surface area contributed by atoms with Gasteiger partial charge in [0, 0.05) is 6.04 Å². The molecule has 0 radical (unpaired) electrons. The van der Waals surface area contributed by atoms with Gasteiger partial charge in [0.1, 0.15) is 5.52 Å². The van der Waals surface area contributed by atoms with Crippen LogP contribution in [0.15, 0.2) is 17.5 Å². The molecule has 7 nitrogen and oxygen atoms in total. The van der Waals surface area contributed by atoms with Crippen molar-refractivity contribution in [2.24, 2.45) is 16.5 Å². The van der Waals surface area contributed by atoms with Crippen LogP contribution in [0.1, 0.15) is 19.9 Å². The maximum atomic E-state index is 5.27. The molecule has 0 aliphatic heterocycles. The minimum atomic E-state index is -0.0602. The van der Waals surface area contributed by atoms with Crippen LogP contribution in [0.25, 0.3) is 11.2 Å². The molecule has 4 N–H and O–H groups in total. The van der Waals surface area contributed by atoms with Crippen LogP contribution in [-0.2, 0) is 0 Å². The Kier molecular flexibility index (Phi) is 2.43. The van der Waals surface area contributed by atoms with Crippen LogP contribution in [0.5, 0.6) is 0 Å². The van der Waals surface area contributed by atoms with Crippen molar-refractivity contribution in [1.29, 1.82) is 0 Å². The van der Waals surface area contributed by atoms with Gasteiger partial charge in [0.15, 0.2) is 11.6 Å². The van der Waals surface area contributed by atoms with Crippen LogP contribution in [0.4, 0.5) is 5.95 Å². The predicted molar refractivity (Wildman–Crippen MR) is 61.2 cm³/mol. The van der Waals surface area contributed by atoms with Crippen LogP contribution in [-0.4, -0.2) is 25.5 Å². The van der Waals surface area contributed by atoms with E-state index in [-0.39, 0.29) is 17.9 Å². The summed E-state index contributed by atoms with van der Waals surface area (Å²) in [6.07, 6.45) is 3.33. The second-order valence-electron chi connectivity index (χ2n) is 3.66. The Morgan fingerprint density at radius 3 is 2.75 bits per heavy atom. The molecule has 2 aromatic heterocycles. The summed E-state index contributed by atoms with van der Waals surface area (Å²) < 4.78 is 1.93. The molecule has 2 aromatic rings. The SMILES string of the molecule is CC(C)n1cnc2cnc(N=C(N)N)nc21. The van der Waals surface area contributed by atoms with Gasteiger partial charge in [-0.2, -0.15) is 9.98 Å². The van der Waals surface area contributed by atoms with Gasteiger partial charge in [0.2, 0.25) is 0 Å². The average Bonchev–Trinajstić information content (AvgIpc) is 2.59. The largest absolute Gasteiger partial charge is 0.370 e. The molecule has 0 saturated heterocycles. The van der Waals surface area contributed by atoms with E-state index in [0.717, 1.165) is 11.2 Å². The maximum Gasteiger partial charge on any atom is 0.254 e. The molecule has 0 aromatic carbocycles. The monoisotopic (exact) mass is 219 g/mol. The molecule has 16 heavy (non-hydrogen) atoms. The number of aliphatic imine (C=N–C) groups is 1. The van der Waals surface area contributed by atoms with Crippen molar-refractivity contribution in [1.82, 2.24) is 19.5 Å². The van der Waals surface area contributed by atoms with Crippen LogP contribution in [0, 0.1) is 0 Å². The van der Waals surface area contributed by atoms with E-state index >= 15 is 0 Å². The molecule has 2 rings (SSSR count). The number of nitrogens with zero attached hydrogens (tertiary/aromatic N) is 5. The first-order valence-corrected chi connectivity index (χ1v) is 4.87. The van der Waals surface area contributed by atoms with Gasteiger partial charge in [-0.25, -0.2) is 9.97 Å². The first-order valence-electron chi connectivity index (χ1n) is 4.87. The third-order valence-corrected chi connectivity index (χ3v) is 2.09. The van der Waals surface area contributed by atoms with Crippen molar-refractivity contribution in [3.63, 3.8) is 0 Å². The topological polar surface area (TPSA) is 108 Å². The first kappa shape index (κ1) is 10.3. The summed E-state index contributed by atoms with van der Waals surface area (Å²) in [6, 6.07) is 0.270. The number of hydrogen-bond donors (Lipinski definition) is 2. The molecular weight excluding hydrogens is 206 g/mol. The minimum Gasteiger partial charge on any atom is -0.370 e. The van der Waals surface area contributed by atoms with Gasteiger partial charge in [0.05, 0.1) is 12.5 Å². The molecule has 0 saturated carbocycles. The molecule has 0 fully saturated rings. The lowest BCUT2D eigenvalue weighted by molar-refractivity contribution is 0.613. The Morgan fingerprint density at radius 1 is 1.38 bits per heavy atom. The van der Waals surface area contributed by atoms with E-state index in [1.165, 1.54) is 0 Å². The Labute approximate surface area is 92.2 Å². The van der Waals surface area contributed by atoms with Crippen molar-refractivity contribution < 1.29 is 0 Å². The smallest absolute Gasteiger partial charge is 0.254 e. The van der Waals surface area contributed by atoms with Crippen molar-refractivity contribution in [3.05, 3.63) is 12.5 Å². The lowest BCUT2D eigenvalue weighted by atomic mass is 10.4. The maximum absolute atomic E-state index is 5.27.